The minimum atomic E-state index is -0.186. The van der Waals surface area contributed by atoms with E-state index in [0.29, 0.717) is 6.04 Å². The summed E-state index contributed by atoms with van der Waals surface area (Å²) in [6, 6.07) is 6.98. The first kappa shape index (κ1) is 15.5. The molecule has 18 heavy (non-hydrogen) atoms. The van der Waals surface area contributed by atoms with Crippen LogP contribution in [0, 0.1) is 5.82 Å². The molecule has 0 aliphatic rings. The molecule has 1 unspecified atom stereocenters. The molecule has 1 aromatic rings. The summed E-state index contributed by atoms with van der Waals surface area (Å²) in [5, 5.41) is 3.47. The molecule has 0 bridgehead atoms. The second-order valence-electron chi connectivity index (χ2n) is 4.08. The normalized spacial score (nSPS) is 12.6. The molecular formula is C14H22FNOS. The van der Waals surface area contributed by atoms with Gasteiger partial charge in [0.25, 0.3) is 0 Å². The number of rotatable bonds is 9. The monoisotopic (exact) mass is 271 g/mol. The van der Waals surface area contributed by atoms with Gasteiger partial charge in [0.1, 0.15) is 5.82 Å². The summed E-state index contributed by atoms with van der Waals surface area (Å²) in [6.07, 6.45) is 1.11. The van der Waals surface area contributed by atoms with E-state index in [1.54, 1.807) is 11.8 Å². The van der Waals surface area contributed by atoms with E-state index in [-0.39, 0.29) is 5.82 Å². The third kappa shape index (κ3) is 6.38. The fourth-order valence-corrected chi connectivity index (χ4v) is 2.44. The van der Waals surface area contributed by atoms with E-state index in [4.69, 9.17) is 4.74 Å². The van der Waals surface area contributed by atoms with Crippen molar-refractivity contribution in [2.75, 3.05) is 25.5 Å². The molecule has 0 heterocycles. The van der Waals surface area contributed by atoms with Crippen LogP contribution in [0.5, 0.6) is 0 Å². The smallest absolute Gasteiger partial charge is 0.123 e. The fraction of sp³-hybridized carbons (Fsp3) is 0.571. The number of ether oxygens (including phenoxy) is 1. The second kappa shape index (κ2) is 9.36. The molecular weight excluding hydrogens is 249 g/mol. The van der Waals surface area contributed by atoms with Crippen molar-refractivity contribution in [3.8, 4) is 0 Å². The van der Waals surface area contributed by atoms with Gasteiger partial charge >= 0.3 is 0 Å². The minimum absolute atomic E-state index is 0.186. The molecule has 1 atom stereocenters. The van der Waals surface area contributed by atoms with Crippen LogP contribution in [0.1, 0.15) is 20.3 Å². The fourth-order valence-electron chi connectivity index (χ4n) is 1.50. The number of thioether (sulfide) groups is 1. The average Bonchev–Trinajstić information content (AvgIpc) is 2.40. The van der Waals surface area contributed by atoms with Gasteiger partial charge in [-0.1, -0.05) is 6.92 Å². The predicted octanol–water partition coefficient (Wildman–Crippen LogP) is 3.32. The van der Waals surface area contributed by atoms with Gasteiger partial charge in [-0.25, -0.2) is 4.39 Å². The molecule has 2 nitrogen and oxygen atoms in total. The molecule has 1 N–H and O–H groups in total. The number of benzene rings is 1. The van der Waals surface area contributed by atoms with Crippen LogP contribution >= 0.6 is 11.8 Å². The Morgan fingerprint density at radius 1 is 1.28 bits per heavy atom. The highest BCUT2D eigenvalue weighted by atomic mass is 32.2. The molecule has 0 spiro atoms. The van der Waals surface area contributed by atoms with Gasteiger partial charge in [-0.2, -0.15) is 0 Å². The second-order valence-corrected chi connectivity index (χ2v) is 5.17. The van der Waals surface area contributed by atoms with Crippen molar-refractivity contribution in [2.45, 2.75) is 31.2 Å². The van der Waals surface area contributed by atoms with Crippen LogP contribution in [0.25, 0.3) is 0 Å². The lowest BCUT2D eigenvalue weighted by Gasteiger charge is -2.17. The Kier molecular flexibility index (Phi) is 8.05. The van der Waals surface area contributed by atoms with E-state index >= 15 is 0 Å². The van der Waals surface area contributed by atoms with Crippen LogP contribution in [0.4, 0.5) is 4.39 Å². The lowest BCUT2D eigenvalue weighted by atomic mass is 10.3. The van der Waals surface area contributed by atoms with Gasteiger partial charge in [-0.15, -0.1) is 11.8 Å². The summed E-state index contributed by atoms with van der Waals surface area (Å²) in [5.41, 5.74) is 0. The Balaban J connectivity index is 2.37. The zero-order chi connectivity index (χ0) is 13.2. The maximum atomic E-state index is 12.8. The van der Waals surface area contributed by atoms with Crippen molar-refractivity contribution >= 4 is 11.8 Å². The largest absolute Gasteiger partial charge is 0.380 e. The first-order valence-corrected chi connectivity index (χ1v) is 7.44. The third-order valence-electron chi connectivity index (χ3n) is 2.47. The quantitative estimate of drug-likeness (QED) is 0.696. The van der Waals surface area contributed by atoms with Crippen LogP contribution in [-0.4, -0.2) is 31.6 Å². The first-order valence-electron chi connectivity index (χ1n) is 6.45. The average molecular weight is 271 g/mol. The van der Waals surface area contributed by atoms with E-state index in [0.717, 1.165) is 36.8 Å². The molecule has 0 fully saturated rings. The highest BCUT2D eigenvalue weighted by Crippen LogP contribution is 2.19. The Bertz CT molecular complexity index is 310. The standard InChI is InChI=1S/C14H22FNOS/c1-3-9-16-13(10-17-4-2)11-18-14-7-5-12(15)6-8-14/h5-8,13,16H,3-4,9-11H2,1-2H3. The molecule has 0 saturated carbocycles. The van der Waals surface area contributed by atoms with Crippen LogP contribution in [0.3, 0.4) is 0 Å². The van der Waals surface area contributed by atoms with Gasteiger partial charge in [-0.05, 0) is 44.2 Å². The zero-order valence-corrected chi connectivity index (χ0v) is 11.9. The highest BCUT2D eigenvalue weighted by molar-refractivity contribution is 7.99. The van der Waals surface area contributed by atoms with E-state index < -0.39 is 0 Å². The first-order chi connectivity index (χ1) is 8.76. The Morgan fingerprint density at radius 2 is 2.00 bits per heavy atom. The summed E-state index contributed by atoms with van der Waals surface area (Å²) >= 11 is 1.73. The van der Waals surface area contributed by atoms with Crippen molar-refractivity contribution < 1.29 is 9.13 Å². The SMILES string of the molecule is CCCNC(COCC)CSc1ccc(F)cc1. The zero-order valence-electron chi connectivity index (χ0n) is 11.1. The molecule has 1 aromatic carbocycles. The molecule has 0 saturated heterocycles. The lowest BCUT2D eigenvalue weighted by molar-refractivity contribution is 0.128. The number of hydrogen-bond donors (Lipinski definition) is 1. The molecule has 4 heteroatoms. The van der Waals surface area contributed by atoms with Crippen LogP contribution in [0.2, 0.25) is 0 Å². The van der Waals surface area contributed by atoms with Gasteiger partial charge in [0.15, 0.2) is 0 Å². The van der Waals surface area contributed by atoms with Crippen LogP contribution < -0.4 is 5.32 Å². The Hall–Kier alpha value is -0.580. The third-order valence-corrected chi connectivity index (χ3v) is 3.65. The molecule has 0 radical (unpaired) electrons. The van der Waals surface area contributed by atoms with Crippen LogP contribution in [0.15, 0.2) is 29.2 Å². The maximum absolute atomic E-state index is 12.8. The summed E-state index contributed by atoms with van der Waals surface area (Å²) < 4.78 is 18.2. The molecule has 1 rings (SSSR count). The van der Waals surface area contributed by atoms with Gasteiger partial charge in [0, 0.05) is 23.3 Å². The Morgan fingerprint density at radius 3 is 2.61 bits per heavy atom. The summed E-state index contributed by atoms with van der Waals surface area (Å²) in [4.78, 5) is 1.09. The Labute approximate surface area is 113 Å². The van der Waals surface area contributed by atoms with Crippen molar-refractivity contribution in [2.24, 2.45) is 0 Å². The van der Waals surface area contributed by atoms with Gasteiger partial charge < -0.3 is 10.1 Å². The number of nitrogens with one attached hydrogen (secondary N) is 1. The van der Waals surface area contributed by atoms with Gasteiger partial charge in [0.05, 0.1) is 6.61 Å². The number of halogens is 1. The lowest BCUT2D eigenvalue weighted by Crippen LogP contribution is -2.36. The molecule has 0 aliphatic heterocycles. The number of hydrogen-bond acceptors (Lipinski definition) is 3. The molecule has 0 amide bonds. The predicted molar refractivity (Wildman–Crippen MR) is 75.7 cm³/mol. The topological polar surface area (TPSA) is 21.3 Å². The van der Waals surface area contributed by atoms with Crippen molar-refractivity contribution in [3.63, 3.8) is 0 Å². The van der Waals surface area contributed by atoms with Crippen molar-refractivity contribution in [3.05, 3.63) is 30.1 Å². The molecule has 102 valence electrons. The highest BCUT2D eigenvalue weighted by Gasteiger charge is 2.08. The van der Waals surface area contributed by atoms with E-state index in [9.17, 15) is 4.39 Å². The molecule has 0 aliphatic carbocycles. The van der Waals surface area contributed by atoms with E-state index in [2.05, 4.69) is 12.2 Å². The van der Waals surface area contributed by atoms with E-state index in [1.807, 2.05) is 19.1 Å². The van der Waals surface area contributed by atoms with Gasteiger partial charge in [0.2, 0.25) is 0 Å². The van der Waals surface area contributed by atoms with E-state index in [1.165, 1.54) is 12.1 Å². The van der Waals surface area contributed by atoms with Crippen molar-refractivity contribution in [1.29, 1.82) is 0 Å². The maximum Gasteiger partial charge on any atom is 0.123 e. The van der Waals surface area contributed by atoms with Crippen molar-refractivity contribution in [1.82, 2.24) is 5.32 Å². The summed E-state index contributed by atoms with van der Waals surface area (Å²) in [5.74, 6) is 0.750. The molecule has 0 aromatic heterocycles. The van der Waals surface area contributed by atoms with Crippen LogP contribution in [-0.2, 0) is 4.74 Å². The minimum Gasteiger partial charge on any atom is -0.380 e. The summed E-state index contributed by atoms with van der Waals surface area (Å²) in [6.45, 7) is 6.62. The van der Waals surface area contributed by atoms with Gasteiger partial charge in [-0.3, -0.25) is 0 Å². The summed E-state index contributed by atoms with van der Waals surface area (Å²) in [7, 11) is 0.